The zero-order valence-corrected chi connectivity index (χ0v) is 25.8. The number of unbranched alkanes of at least 4 members (excludes halogenated alkanes) is 2. The molecule has 0 saturated heterocycles. The molecule has 0 spiro atoms. The standard InChI is InChI=1S/C31H39NO7S2/c1-6-7-8-15-29(25-12-9-13-26(20-25)38-22-30(33)39-31(2,3)4)32-41(36,37)27-18-16-23(17-19-27)24-11-10-14-28(21-24)40(5,34)35/h9-14,16-21,29,32H,6-8,15,22H2,1-5H3. The minimum absolute atomic E-state index is 0.0957. The van der Waals surface area contributed by atoms with Gasteiger partial charge in [0, 0.05) is 12.3 Å². The Morgan fingerprint density at radius 2 is 1.54 bits per heavy atom. The van der Waals surface area contributed by atoms with Gasteiger partial charge in [-0.05, 0) is 80.3 Å². The molecule has 0 heterocycles. The number of esters is 1. The van der Waals surface area contributed by atoms with E-state index in [9.17, 15) is 21.6 Å². The van der Waals surface area contributed by atoms with E-state index >= 15 is 0 Å². The predicted molar refractivity (Wildman–Crippen MR) is 160 cm³/mol. The Bertz CT molecular complexity index is 1540. The van der Waals surface area contributed by atoms with Crippen LogP contribution in [0, 0.1) is 0 Å². The minimum atomic E-state index is -3.89. The van der Waals surface area contributed by atoms with Crippen molar-refractivity contribution in [2.75, 3.05) is 12.9 Å². The molecule has 0 aromatic heterocycles. The maximum atomic E-state index is 13.4. The van der Waals surface area contributed by atoms with Crippen molar-refractivity contribution in [1.82, 2.24) is 4.72 Å². The second-order valence-electron chi connectivity index (χ2n) is 10.9. The number of sulfone groups is 1. The first-order valence-corrected chi connectivity index (χ1v) is 16.9. The number of rotatable bonds is 13. The van der Waals surface area contributed by atoms with Crippen molar-refractivity contribution in [2.45, 2.75) is 74.8 Å². The maximum absolute atomic E-state index is 13.4. The molecule has 1 atom stereocenters. The van der Waals surface area contributed by atoms with Gasteiger partial charge in [0.25, 0.3) is 0 Å². The largest absolute Gasteiger partial charge is 0.482 e. The van der Waals surface area contributed by atoms with Crippen molar-refractivity contribution in [2.24, 2.45) is 0 Å². The summed E-state index contributed by atoms with van der Waals surface area (Å²) in [5.74, 6) is -0.0525. The van der Waals surface area contributed by atoms with Crippen LogP contribution in [0.5, 0.6) is 5.75 Å². The second kappa shape index (κ2) is 13.6. The fourth-order valence-corrected chi connectivity index (χ4v) is 6.14. The highest BCUT2D eigenvalue weighted by atomic mass is 32.2. The lowest BCUT2D eigenvalue weighted by atomic mass is 10.0. The second-order valence-corrected chi connectivity index (χ2v) is 14.7. The van der Waals surface area contributed by atoms with Crippen LogP contribution < -0.4 is 9.46 Å². The highest BCUT2D eigenvalue weighted by Crippen LogP contribution is 2.28. The lowest BCUT2D eigenvalue weighted by molar-refractivity contribution is -0.157. The molecule has 0 amide bonds. The Morgan fingerprint density at radius 1 is 0.854 bits per heavy atom. The Hall–Kier alpha value is -3.21. The number of hydrogen-bond acceptors (Lipinski definition) is 7. The van der Waals surface area contributed by atoms with E-state index in [0.29, 0.717) is 23.3 Å². The number of ether oxygens (including phenoxy) is 2. The topological polar surface area (TPSA) is 116 Å². The van der Waals surface area contributed by atoms with E-state index in [0.717, 1.165) is 31.1 Å². The highest BCUT2D eigenvalue weighted by Gasteiger charge is 2.22. The molecule has 222 valence electrons. The molecule has 1 N–H and O–H groups in total. The summed E-state index contributed by atoms with van der Waals surface area (Å²) in [5.41, 5.74) is 1.47. The molecule has 10 heteroatoms. The summed E-state index contributed by atoms with van der Waals surface area (Å²) in [7, 11) is -7.27. The van der Waals surface area contributed by atoms with E-state index < -0.39 is 37.5 Å². The Kier molecular flexibility index (Phi) is 10.7. The minimum Gasteiger partial charge on any atom is -0.482 e. The van der Waals surface area contributed by atoms with E-state index in [2.05, 4.69) is 11.6 Å². The molecular formula is C31H39NO7S2. The summed E-state index contributed by atoms with van der Waals surface area (Å²) in [6.45, 7) is 7.16. The molecule has 0 aliphatic heterocycles. The maximum Gasteiger partial charge on any atom is 0.344 e. The quantitative estimate of drug-likeness (QED) is 0.187. The van der Waals surface area contributed by atoms with Crippen LogP contribution in [0.2, 0.25) is 0 Å². The van der Waals surface area contributed by atoms with Crippen LogP contribution in [0.4, 0.5) is 0 Å². The lowest BCUT2D eigenvalue weighted by Crippen LogP contribution is -2.29. The number of nitrogens with one attached hydrogen (secondary N) is 1. The first-order valence-electron chi connectivity index (χ1n) is 13.6. The number of sulfonamides is 1. The van der Waals surface area contributed by atoms with Crippen molar-refractivity contribution in [3.63, 3.8) is 0 Å². The van der Waals surface area contributed by atoms with Crippen molar-refractivity contribution in [1.29, 1.82) is 0 Å². The average Bonchev–Trinajstić information content (AvgIpc) is 2.90. The van der Waals surface area contributed by atoms with Crippen molar-refractivity contribution in [3.8, 4) is 16.9 Å². The zero-order chi connectivity index (χ0) is 30.3. The third kappa shape index (κ3) is 9.98. The average molecular weight is 602 g/mol. The van der Waals surface area contributed by atoms with Gasteiger partial charge in [-0.25, -0.2) is 26.4 Å². The molecule has 0 radical (unpaired) electrons. The Balaban J connectivity index is 1.80. The van der Waals surface area contributed by atoms with E-state index in [1.807, 2.05) is 6.07 Å². The molecule has 0 fully saturated rings. The van der Waals surface area contributed by atoms with Crippen molar-refractivity contribution in [3.05, 3.63) is 78.4 Å². The number of benzene rings is 3. The fourth-order valence-electron chi connectivity index (χ4n) is 4.21. The first-order chi connectivity index (χ1) is 19.2. The van der Waals surface area contributed by atoms with Gasteiger partial charge < -0.3 is 9.47 Å². The van der Waals surface area contributed by atoms with Gasteiger partial charge in [-0.15, -0.1) is 0 Å². The number of hydrogen-bond donors (Lipinski definition) is 1. The van der Waals surface area contributed by atoms with Crippen molar-refractivity contribution < 1.29 is 31.1 Å². The Labute approximate surface area is 244 Å². The van der Waals surface area contributed by atoms with E-state index in [1.54, 1.807) is 69.3 Å². The monoisotopic (exact) mass is 601 g/mol. The van der Waals surface area contributed by atoms with Crippen LogP contribution in [0.1, 0.15) is 65.0 Å². The van der Waals surface area contributed by atoms with Gasteiger partial charge in [0.1, 0.15) is 11.4 Å². The summed E-state index contributed by atoms with van der Waals surface area (Å²) in [6, 6.07) is 19.4. The van der Waals surface area contributed by atoms with Crippen LogP contribution in [0.25, 0.3) is 11.1 Å². The van der Waals surface area contributed by atoms with Crippen LogP contribution >= 0.6 is 0 Å². The van der Waals surface area contributed by atoms with E-state index in [-0.39, 0.29) is 16.4 Å². The molecule has 0 aliphatic carbocycles. The van der Waals surface area contributed by atoms with Gasteiger partial charge in [0.05, 0.1) is 9.79 Å². The lowest BCUT2D eigenvalue weighted by Gasteiger charge is -2.21. The van der Waals surface area contributed by atoms with Crippen LogP contribution in [-0.2, 0) is 29.4 Å². The smallest absolute Gasteiger partial charge is 0.344 e. The third-order valence-electron chi connectivity index (χ3n) is 6.19. The molecule has 0 bridgehead atoms. The van der Waals surface area contributed by atoms with Gasteiger partial charge in [0.15, 0.2) is 16.4 Å². The molecule has 3 rings (SSSR count). The summed E-state index contributed by atoms with van der Waals surface area (Å²) in [6.07, 6.45) is 4.49. The fraction of sp³-hybridized carbons (Fsp3) is 0.387. The predicted octanol–water partition coefficient (Wildman–Crippen LogP) is 6.08. The molecule has 8 nitrogen and oxygen atoms in total. The normalized spacial score (nSPS) is 13.0. The molecule has 3 aromatic carbocycles. The summed E-state index contributed by atoms with van der Waals surface area (Å²) in [4.78, 5) is 12.4. The van der Waals surface area contributed by atoms with Gasteiger partial charge in [-0.3, -0.25) is 0 Å². The van der Waals surface area contributed by atoms with Gasteiger partial charge in [-0.2, -0.15) is 0 Å². The molecule has 0 saturated carbocycles. The van der Waals surface area contributed by atoms with Gasteiger partial charge in [0.2, 0.25) is 10.0 Å². The van der Waals surface area contributed by atoms with Crippen LogP contribution in [0.15, 0.2) is 82.6 Å². The molecule has 1 unspecified atom stereocenters. The van der Waals surface area contributed by atoms with Crippen LogP contribution in [0.3, 0.4) is 0 Å². The van der Waals surface area contributed by atoms with Crippen LogP contribution in [-0.4, -0.2) is 41.3 Å². The van der Waals surface area contributed by atoms with Crippen molar-refractivity contribution >= 4 is 25.8 Å². The number of carbonyl (C=O) groups excluding carboxylic acids is 1. The first kappa shape index (κ1) is 32.3. The van der Waals surface area contributed by atoms with Gasteiger partial charge in [-0.1, -0.05) is 62.6 Å². The third-order valence-corrected chi connectivity index (χ3v) is 8.79. The SMILES string of the molecule is CCCCCC(NS(=O)(=O)c1ccc(-c2cccc(S(C)(=O)=O)c2)cc1)c1cccc(OCC(=O)OC(C)(C)C)c1. The molecule has 3 aromatic rings. The highest BCUT2D eigenvalue weighted by molar-refractivity contribution is 7.90. The van der Waals surface area contributed by atoms with Gasteiger partial charge >= 0.3 is 5.97 Å². The summed E-state index contributed by atoms with van der Waals surface area (Å²) < 4.78 is 64.5. The Morgan fingerprint density at radius 3 is 2.17 bits per heavy atom. The molecular weight excluding hydrogens is 562 g/mol. The molecule has 0 aliphatic rings. The zero-order valence-electron chi connectivity index (χ0n) is 24.2. The van der Waals surface area contributed by atoms with E-state index in [4.69, 9.17) is 9.47 Å². The molecule has 41 heavy (non-hydrogen) atoms. The summed E-state index contributed by atoms with van der Waals surface area (Å²) >= 11 is 0. The summed E-state index contributed by atoms with van der Waals surface area (Å²) in [5, 5.41) is 0. The van der Waals surface area contributed by atoms with E-state index in [1.165, 1.54) is 18.2 Å². The number of carbonyl (C=O) groups is 1.